The maximum Gasteiger partial charge on any atom is 0.338 e. The highest BCUT2D eigenvalue weighted by molar-refractivity contribution is 5.96. The largest absolute Gasteiger partial charge is 0.452 e. The molecule has 0 unspecified atom stereocenters. The summed E-state index contributed by atoms with van der Waals surface area (Å²) in [5, 5.41) is 10.3. The Morgan fingerprint density at radius 3 is 2.39 bits per heavy atom. The minimum absolute atomic E-state index is 0.195. The Bertz CT molecular complexity index is 516. The van der Waals surface area contributed by atoms with Gasteiger partial charge in [0, 0.05) is 0 Å². The quantitative estimate of drug-likeness (QED) is 0.722. The predicted molar refractivity (Wildman–Crippen MR) is 59.2 cm³/mol. The Balaban J connectivity index is 2.53. The Labute approximate surface area is 102 Å². The molecule has 0 bridgehead atoms. The summed E-state index contributed by atoms with van der Waals surface area (Å²) < 4.78 is 4.62. The molecule has 92 valence electrons. The number of nitrogens with one attached hydrogen (secondary N) is 1. The Morgan fingerprint density at radius 1 is 1.28 bits per heavy atom. The third kappa shape index (κ3) is 3.94. The average Bonchev–Trinajstić information content (AvgIpc) is 2.35. The maximum absolute atomic E-state index is 11.4. The second-order valence-electron chi connectivity index (χ2n) is 3.18. The molecule has 0 atom stereocenters. The van der Waals surface area contributed by atoms with Crippen molar-refractivity contribution >= 4 is 17.9 Å². The van der Waals surface area contributed by atoms with Crippen molar-refractivity contribution in [1.29, 1.82) is 5.26 Å². The predicted octanol–water partition coefficient (Wildman–Crippen LogP) is -0.0900. The molecule has 18 heavy (non-hydrogen) atoms. The summed E-state index contributed by atoms with van der Waals surface area (Å²) in [6.07, 6.45) is 0. The van der Waals surface area contributed by atoms with Gasteiger partial charge in [0.2, 0.25) is 0 Å². The minimum atomic E-state index is -1.02. The van der Waals surface area contributed by atoms with Crippen LogP contribution in [0.2, 0.25) is 0 Å². The third-order valence-electron chi connectivity index (χ3n) is 1.85. The molecule has 3 amide bonds. The van der Waals surface area contributed by atoms with Crippen LogP contribution in [0.1, 0.15) is 15.9 Å². The Morgan fingerprint density at radius 2 is 1.89 bits per heavy atom. The number of urea groups is 1. The van der Waals surface area contributed by atoms with Gasteiger partial charge in [0.25, 0.3) is 5.91 Å². The molecule has 3 N–H and O–H groups in total. The summed E-state index contributed by atoms with van der Waals surface area (Å²) in [6.45, 7) is -0.609. The van der Waals surface area contributed by atoms with Gasteiger partial charge in [0.05, 0.1) is 17.2 Å². The van der Waals surface area contributed by atoms with Gasteiger partial charge in [-0.1, -0.05) is 0 Å². The standard InChI is InChI=1S/C11H9N3O4/c12-5-7-1-3-8(4-2-7)10(16)18-6-9(15)14-11(13)17/h1-4H,6H2,(H3,13,14,15,17). The van der Waals surface area contributed by atoms with E-state index in [2.05, 4.69) is 4.74 Å². The lowest BCUT2D eigenvalue weighted by Crippen LogP contribution is -2.37. The number of carbonyl (C=O) groups excluding carboxylic acids is 3. The van der Waals surface area contributed by atoms with Crippen LogP contribution in [0, 0.1) is 11.3 Å². The highest BCUT2D eigenvalue weighted by atomic mass is 16.5. The lowest BCUT2D eigenvalue weighted by atomic mass is 10.1. The lowest BCUT2D eigenvalue weighted by molar-refractivity contribution is -0.123. The molecule has 1 aromatic carbocycles. The number of carbonyl (C=O) groups is 3. The number of ether oxygens (including phenoxy) is 1. The van der Waals surface area contributed by atoms with E-state index in [9.17, 15) is 14.4 Å². The number of nitrogens with zero attached hydrogens (tertiary/aromatic N) is 1. The van der Waals surface area contributed by atoms with E-state index in [-0.39, 0.29) is 5.56 Å². The van der Waals surface area contributed by atoms with Crippen molar-refractivity contribution in [2.45, 2.75) is 0 Å². The molecule has 0 aliphatic heterocycles. The van der Waals surface area contributed by atoms with Crippen LogP contribution >= 0.6 is 0 Å². The van der Waals surface area contributed by atoms with Gasteiger partial charge in [-0.15, -0.1) is 0 Å². The Hall–Kier alpha value is -2.88. The molecule has 0 fully saturated rings. The molecule has 0 aromatic heterocycles. The molecule has 0 aliphatic carbocycles. The number of imide groups is 1. The SMILES string of the molecule is N#Cc1ccc(C(=O)OCC(=O)NC(N)=O)cc1. The first-order valence-electron chi connectivity index (χ1n) is 4.79. The van der Waals surface area contributed by atoms with Crippen LogP contribution in [0.5, 0.6) is 0 Å². The second-order valence-corrected chi connectivity index (χ2v) is 3.18. The van der Waals surface area contributed by atoms with Gasteiger partial charge in [-0.05, 0) is 24.3 Å². The second kappa shape index (κ2) is 6.00. The smallest absolute Gasteiger partial charge is 0.338 e. The molecule has 0 heterocycles. The van der Waals surface area contributed by atoms with E-state index in [4.69, 9.17) is 11.0 Å². The number of rotatable bonds is 3. The fraction of sp³-hybridized carbons (Fsp3) is 0.0909. The molecule has 7 heteroatoms. The highest BCUT2D eigenvalue weighted by Gasteiger charge is 2.10. The van der Waals surface area contributed by atoms with E-state index in [1.807, 2.05) is 6.07 Å². The van der Waals surface area contributed by atoms with E-state index in [1.54, 1.807) is 5.32 Å². The van der Waals surface area contributed by atoms with Crippen LogP contribution in [0.3, 0.4) is 0 Å². The van der Waals surface area contributed by atoms with Gasteiger partial charge >= 0.3 is 12.0 Å². The van der Waals surface area contributed by atoms with Gasteiger partial charge in [-0.2, -0.15) is 5.26 Å². The number of amides is 3. The zero-order valence-electron chi connectivity index (χ0n) is 9.17. The lowest BCUT2D eigenvalue weighted by Gasteiger charge is -2.04. The number of nitriles is 1. The summed E-state index contributed by atoms with van der Waals surface area (Å²) in [5.74, 6) is -1.55. The van der Waals surface area contributed by atoms with E-state index in [1.165, 1.54) is 24.3 Å². The summed E-state index contributed by atoms with van der Waals surface area (Å²) in [4.78, 5) is 32.7. The first kappa shape index (κ1) is 13.2. The van der Waals surface area contributed by atoms with Crippen molar-refractivity contribution in [3.8, 4) is 6.07 Å². The van der Waals surface area contributed by atoms with Gasteiger partial charge in [-0.3, -0.25) is 10.1 Å². The van der Waals surface area contributed by atoms with Crippen LogP contribution in [-0.2, 0) is 9.53 Å². The van der Waals surface area contributed by atoms with Crippen molar-refractivity contribution < 1.29 is 19.1 Å². The average molecular weight is 247 g/mol. The molecular weight excluding hydrogens is 238 g/mol. The van der Waals surface area contributed by atoms with Gasteiger partial charge < -0.3 is 10.5 Å². The number of primary amides is 1. The molecule has 0 saturated carbocycles. The van der Waals surface area contributed by atoms with E-state index >= 15 is 0 Å². The van der Waals surface area contributed by atoms with Crippen molar-refractivity contribution in [2.75, 3.05) is 6.61 Å². The molecule has 0 aliphatic rings. The van der Waals surface area contributed by atoms with Crippen molar-refractivity contribution in [3.05, 3.63) is 35.4 Å². The van der Waals surface area contributed by atoms with Crippen molar-refractivity contribution in [3.63, 3.8) is 0 Å². The number of benzene rings is 1. The van der Waals surface area contributed by atoms with Gasteiger partial charge in [-0.25, -0.2) is 9.59 Å². The first-order chi connectivity index (χ1) is 8.52. The van der Waals surface area contributed by atoms with Gasteiger partial charge in [0.1, 0.15) is 0 Å². The monoisotopic (exact) mass is 247 g/mol. The van der Waals surface area contributed by atoms with Gasteiger partial charge in [0.15, 0.2) is 6.61 Å². The fourth-order valence-electron chi connectivity index (χ4n) is 1.07. The van der Waals surface area contributed by atoms with Crippen LogP contribution in [0.25, 0.3) is 0 Å². The van der Waals surface area contributed by atoms with Crippen LogP contribution in [0.4, 0.5) is 4.79 Å². The van der Waals surface area contributed by atoms with Crippen LogP contribution in [-0.4, -0.2) is 24.5 Å². The Kier molecular flexibility index (Phi) is 4.40. The summed E-state index contributed by atoms with van der Waals surface area (Å²) >= 11 is 0. The molecule has 1 rings (SSSR count). The molecule has 0 radical (unpaired) electrons. The summed E-state index contributed by atoms with van der Waals surface area (Å²) in [7, 11) is 0. The molecule has 0 spiro atoms. The van der Waals surface area contributed by atoms with E-state index < -0.39 is 24.5 Å². The zero-order valence-corrected chi connectivity index (χ0v) is 9.17. The molecule has 1 aromatic rings. The fourth-order valence-corrected chi connectivity index (χ4v) is 1.07. The number of esters is 1. The maximum atomic E-state index is 11.4. The molecule has 7 nitrogen and oxygen atoms in total. The normalized spacial score (nSPS) is 9.06. The topological polar surface area (TPSA) is 122 Å². The first-order valence-corrected chi connectivity index (χ1v) is 4.79. The minimum Gasteiger partial charge on any atom is -0.452 e. The third-order valence-corrected chi connectivity index (χ3v) is 1.85. The van der Waals surface area contributed by atoms with E-state index in [0.29, 0.717) is 5.56 Å². The number of hydrogen-bond donors (Lipinski definition) is 2. The van der Waals surface area contributed by atoms with Crippen LogP contribution < -0.4 is 11.1 Å². The summed E-state index contributed by atoms with van der Waals surface area (Å²) in [6, 6.07) is 6.56. The molecular formula is C11H9N3O4. The highest BCUT2D eigenvalue weighted by Crippen LogP contribution is 2.04. The molecule has 0 saturated heterocycles. The van der Waals surface area contributed by atoms with Crippen LogP contribution in [0.15, 0.2) is 24.3 Å². The van der Waals surface area contributed by atoms with Crippen molar-refractivity contribution in [2.24, 2.45) is 5.73 Å². The van der Waals surface area contributed by atoms with Crippen molar-refractivity contribution in [1.82, 2.24) is 5.32 Å². The zero-order chi connectivity index (χ0) is 13.5. The summed E-state index contributed by atoms with van der Waals surface area (Å²) in [5.41, 5.74) is 5.30. The number of nitrogens with two attached hydrogens (primary N) is 1. The number of hydrogen-bond acceptors (Lipinski definition) is 5. The van der Waals surface area contributed by atoms with E-state index in [0.717, 1.165) is 0 Å².